The van der Waals surface area contributed by atoms with Crippen LogP contribution in [0.3, 0.4) is 0 Å². The monoisotopic (exact) mass is 479 g/mol. The highest BCUT2D eigenvalue weighted by Crippen LogP contribution is 2.52. The number of aliphatic carboxylic acids is 1. The number of likely N-dealkylation sites (tertiary alicyclic amines) is 1. The average Bonchev–Trinajstić information content (AvgIpc) is 3.56. The number of alkyl carbamates (subject to hydrolysis) is 1. The van der Waals surface area contributed by atoms with Crippen molar-refractivity contribution in [2.75, 3.05) is 6.54 Å². The van der Waals surface area contributed by atoms with Crippen LogP contribution in [0.4, 0.5) is 4.79 Å². The van der Waals surface area contributed by atoms with Gasteiger partial charge in [0.05, 0.1) is 6.10 Å². The molecule has 4 fully saturated rings. The summed E-state index contributed by atoms with van der Waals surface area (Å²) in [6.07, 6.45) is 2.17. The molecule has 10 heteroatoms. The molecule has 3 aliphatic carbocycles. The number of nitrogens with one attached hydrogen (secondary N) is 2. The van der Waals surface area contributed by atoms with Gasteiger partial charge in [0.25, 0.3) is 0 Å². The molecular weight excluding hydrogens is 442 g/mol. The van der Waals surface area contributed by atoms with E-state index in [0.717, 1.165) is 12.8 Å². The van der Waals surface area contributed by atoms with E-state index in [1.165, 1.54) is 11.3 Å². The van der Waals surface area contributed by atoms with Crippen LogP contribution in [0.1, 0.15) is 66.2 Å². The molecule has 1 aliphatic heterocycles. The van der Waals surface area contributed by atoms with Gasteiger partial charge in [-0.15, -0.1) is 0 Å². The zero-order valence-electron chi connectivity index (χ0n) is 20.4. The Kier molecular flexibility index (Phi) is 6.33. The van der Waals surface area contributed by atoms with Gasteiger partial charge in [-0.1, -0.05) is 34.1 Å². The SMILES string of the molecule is CCC1CC1(NC(=O)C1CC(O)CN1C(=O)C(NC(=O)OC1CC2CC2C1)C(C)(C)C)C(=O)O. The zero-order valence-corrected chi connectivity index (χ0v) is 20.4. The molecule has 0 spiro atoms. The number of fused-ring (bicyclic) bond motifs is 1. The maximum absolute atomic E-state index is 13.6. The van der Waals surface area contributed by atoms with E-state index >= 15 is 0 Å². The second-order valence-electron chi connectivity index (χ2n) is 11.7. The Bertz CT molecular complexity index is 861. The van der Waals surface area contributed by atoms with Crippen molar-refractivity contribution in [3.63, 3.8) is 0 Å². The van der Waals surface area contributed by atoms with Crippen molar-refractivity contribution in [1.29, 1.82) is 0 Å². The molecule has 3 amide bonds. The van der Waals surface area contributed by atoms with Gasteiger partial charge in [-0.2, -0.15) is 0 Å². The first-order chi connectivity index (χ1) is 15.9. The van der Waals surface area contributed by atoms with Crippen LogP contribution in [-0.2, 0) is 19.1 Å². The minimum atomic E-state index is -1.32. The second kappa shape index (κ2) is 8.70. The van der Waals surface area contributed by atoms with E-state index in [9.17, 15) is 29.4 Å². The summed E-state index contributed by atoms with van der Waals surface area (Å²) in [6.45, 7) is 7.21. The first-order valence-electron chi connectivity index (χ1n) is 12.4. The van der Waals surface area contributed by atoms with E-state index in [1.807, 2.05) is 6.92 Å². The number of amides is 3. The molecular formula is C24H37N3O7. The average molecular weight is 480 g/mol. The number of carboxylic acids is 1. The number of ether oxygens (including phenoxy) is 1. The number of carboxylic acid groups (broad SMARTS) is 1. The molecule has 34 heavy (non-hydrogen) atoms. The van der Waals surface area contributed by atoms with E-state index in [1.54, 1.807) is 20.8 Å². The van der Waals surface area contributed by atoms with Crippen molar-refractivity contribution in [2.24, 2.45) is 23.2 Å². The van der Waals surface area contributed by atoms with E-state index in [4.69, 9.17) is 4.74 Å². The first-order valence-corrected chi connectivity index (χ1v) is 12.4. The lowest BCUT2D eigenvalue weighted by atomic mass is 9.85. The summed E-state index contributed by atoms with van der Waals surface area (Å²) >= 11 is 0. The van der Waals surface area contributed by atoms with Crippen LogP contribution in [0.25, 0.3) is 0 Å². The Labute approximate surface area is 199 Å². The predicted molar refractivity (Wildman–Crippen MR) is 121 cm³/mol. The van der Waals surface area contributed by atoms with Crippen LogP contribution in [0.2, 0.25) is 0 Å². The second-order valence-corrected chi connectivity index (χ2v) is 11.7. The number of carbonyl (C=O) groups excluding carboxylic acids is 3. The Morgan fingerprint density at radius 1 is 1.12 bits per heavy atom. The molecule has 4 aliphatic rings. The number of aliphatic hydroxyl groups is 1. The lowest BCUT2D eigenvalue weighted by Gasteiger charge is -2.35. The van der Waals surface area contributed by atoms with Gasteiger partial charge in [0.1, 0.15) is 23.7 Å². The number of nitrogens with zero attached hydrogens (tertiary/aromatic N) is 1. The van der Waals surface area contributed by atoms with Gasteiger partial charge in [0.15, 0.2) is 0 Å². The summed E-state index contributed by atoms with van der Waals surface area (Å²) in [5.41, 5.74) is -2.00. The van der Waals surface area contributed by atoms with E-state index < -0.39 is 53.0 Å². The fourth-order valence-corrected chi connectivity index (χ4v) is 5.77. The van der Waals surface area contributed by atoms with E-state index in [2.05, 4.69) is 10.6 Å². The third kappa shape index (κ3) is 4.74. The molecule has 7 atom stereocenters. The van der Waals surface area contributed by atoms with Crippen LogP contribution in [0.5, 0.6) is 0 Å². The smallest absolute Gasteiger partial charge is 0.408 e. The molecule has 10 nitrogen and oxygen atoms in total. The van der Waals surface area contributed by atoms with Crippen LogP contribution in [0.15, 0.2) is 0 Å². The highest BCUT2D eigenvalue weighted by atomic mass is 16.6. The van der Waals surface area contributed by atoms with Crippen molar-refractivity contribution in [3.8, 4) is 0 Å². The summed E-state index contributed by atoms with van der Waals surface area (Å²) in [5.74, 6) is -1.05. The maximum Gasteiger partial charge on any atom is 0.408 e. The molecule has 0 bridgehead atoms. The Morgan fingerprint density at radius 2 is 1.76 bits per heavy atom. The number of β-amino-alcohol motifs (C(OH)–C–C–N with tert-alkyl or cyclic N) is 1. The third-order valence-electron chi connectivity index (χ3n) is 8.04. The molecule has 0 aromatic carbocycles. The minimum Gasteiger partial charge on any atom is -0.479 e. The van der Waals surface area contributed by atoms with Gasteiger partial charge in [0.2, 0.25) is 11.8 Å². The van der Waals surface area contributed by atoms with Crippen LogP contribution in [0, 0.1) is 23.2 Å². The molecule has 1 heterocycles. The van der Waals surface area contributed by atoms with Gasteiger partial charge in [-0.05, 0) is 48.9 Å². The summed E-state index contributed by atoms with van der Waals surface area (Å²) < 4.78 is 5.56. The summed E-state index contributed by atoms with van der Waals surface area (Å²) in [4.78, 5) is 52.3. The minimum absolute atomic E-state index is 0.0101. The molecule has 4 N–H and O–H groups in total. The van der Waals surface area contributed by atoms with E-state index in [0.29, 0.717) is 24.7 Å². The molecule has 0 aromatic heterocycles. The number of hydrogen-bond acceptors (Lipinski definition) is 6. The lowest BCUT2D eigenvalue weighted by Crippen LogP contribution is -2.59. The summed E-state index contributed by atoms with van der Waals surface area (Å²) in [5, 5.41) is 25.3. The lowest BCUT2D eigenvalue weighted by molar-refractivity contribution is -0.146. The topological polar surface area (TPSA) is 145 Å². The molecule has 3 saturated carbocycles. The Morgan fingerprint density at radius 3 is 2.29 bits per heavy atom. The summed E-state index contributed by atoms with van der Waals surface area (Å²) in [6, 6.07) is -1.99. The normalized spacial score (nSPS) is 36.9. The molecule has 7 unspecified atom stereocenters. The molecule has 0 radical (unpaired) electrons. The van der Waals surface area contributed by atoms with Crippen molar-refractivity contribution >= 4 is 23.9 Å². The van der Waals surface area contributed by atoms with Gasteiger partial charge < -0.3 is 30.5 Å². The van der Waals surface area contributed by atoms with Gasteiger partial charge in [0, 0.05) is 13.0 Å². The third-order valence-corrected chi connectivity index (χ3v) is 8.04. The molecule has 0 aromatic rings. The molecule has 190 valence electrons. The number of aliphatic hydroxyl groups excluding tert-OH is 1. The van der Waals surface area contributed by atoms with Crippen molar-refractivity contribution in [2.45, 2.75) is 96.1 Å². The number of hydrogen-bond donors (Lipinski definition) is 4. The number of rotatable bonds is 7. The Balaban J connectivity index is 1.44. The highest BCUT2D eigenvalue weighted by molar-refractivity contribution is 5.96. The fourth-order valence-electron chi connectivity index (χ4n) is 5.77. The van der Waals surface area contributed by atoms with Crippen molar-refractivity contribution < 1.29 is 34.1 Å². The maximum atomic E-state index is 13.6. The molecule has 4 rings (SSSR count). The van der Waals surface area contributed by atoms with E-state index in [-0.39, 0.29) is 25.0 Å². The van der Waals surface area contributed by atoms with Crippen LogP contribution in [-0.4, -0.2) is 75.4 Å². The summed E-state index contributed by atoms with van der Waals surface area (Å²) in [7, 11) is 0. The van der Waals surface area contributed by atoms with Gasteiger partial charge >= 0.3 is 12.1 Å². The first kappa shape index (κ1) is 24.8. The standard InChI is InChI=1S/C24H37N3O7/c1-5-14-10-24(14,21(31)32)26-19(29)17-9-15(28)11-27(17)20(30)18(23(2,3)4)25-22(33)34-16-7-12-6-13(12)8-16/h12-18,28H,5-11H2,1-4H3,(H,25,33)(H,26,29)(H,31,32). The fraction of sp³-hybridized carbons (Fsp3) is 0.833. The predicted octanol–water partition coefficient (Wildman–Crippen LogP) is 1.26. The molecule has 1 saturated heterocycles. The Hall–Kier alpha value is -2.36. The van der Waals surface area contributed by atoms with Crippen LogP contribution < -0.4 is 10.6 Å². The largest absolute Gasteiger partial charge is 0.479 e. The van der Waals surface area contributed by atoms with Gasteiger partial charge in [-0.25, -0.2) is 9.59 Å². The zero-order chi connectivity index (χ0) is 25.0. The quantitative estimate of drug-likeness (QED) is 0.430. The van der Waals surface area contributed by atoms with Crippen LogP contribution >= 0.6 is 0 Å². The highest BCUT2D eigenvalue weighted by Gasteiger charge is 2.61. The van der Waals surface area contributed by atoms with Crippen molar-refractivity contribution in [1.82, 2.24) is 15.5 Å². The van der Waals surface area contributed by atoms with Gasteiger partial charge in [-0.3, -0.25) is 9.59 Å². The van der Waals surface area contributed by atoms with Crippen molar-refractivity contribution in [3.05, 3.63) is 0 Å². The number of carbonyl (C=O) groups is 4.